The molecule has 1 aromatic carbocycles. The highest BCUT2D eigenvalue weighted by Crippen LogP contribution is 2.11. The minimum Gasteiger partial charge on any atom is -0.497 e. The van der Waals surface area contributed by atoms with Crippen molar-refractivity contribution in [3.63, 3.8) is 0 Å². The standard InChI is InChI=1S/C21H34N6O/c1-5-6-7-8-14-22-21(24-16-20-26-25-17(2)27(20)3)23-15-13-18-9-11-19(28-4)12-10-18/h9-12H,5-8,13-16H2,1-4H3,(H2,22,23,24). The summed E-state index contributed by atoms with van der Waals surface area (Å²) in [7, 11) is 3.65. The number of hydrogen-bond acceptors (Lipinski definition) is 4. The van der Waals surface area contributed by atoms with E-state index in [1.54, 1.807) is 7.11 Å². The molecule has 0 radical (unpaired) electrons. The van der Waals surface area contributed by atoms with Crippen molar-refractivity contribution in [2.45, 2.75) is 52.5 Å². The van der Waals surface area contributed by atoms with Crippen LogP contribution in [0.4, 0.5) is 0 Å². The molecule has 154 valence electrons. The fourth-order valence-electron chi connectivity index (χ4n) is 2.79. The van der Waals surface area contributed by atoms with Gasteiger partial charge in [-0.2, -0.15) is 0 Å². The molecule has 1 aromatic heterocycles. The molecule has 1 heterocycles. The summed E-state index contributed by atoms with van der Waals surface area (Å²) in [6, 6.07) is 8.18. The van der Waals surface area contributed by atoms with E-state index in [1.807, 2.05) is 30.7 Å². The van der Waals surface area contributed by atoms with Crippen LogP contribution < -0.4 is 15.4 Å². The fourth-order valence-corrected chi connectivity index (χ4v) is 2.79. The van der Waals surface area contributed by atoms with Crippen LogP contribution in [0, 0.1) is 6.92 Å². The van der Waals surface area contributed by atoms with Crippen LogP contribution in [-0.4, -0.2) is 40.9 Å². The second kappa shape index (κ2) is 12.0. The summed E-state index contributed by atoms with van der Waals surface area (Å²) in [6.45, 7) is 6.41. The molecular formula is C21H34N6O. The molecule has 0 saturated carbocycles. The van der Waals surface area contributed by atoms with E-state index in [1.165, 1.54) is 24.8 Å². The lowest BCUT2D eigenvalue weighted by atomic mass is 10.1. The molecule has 0 aliphatic carbocycles. The number of nitrogens with one attached hydrogen (secondary N) is 2. The van der Waals surface area contributed by atoms with Gasteiger partial charge < -0.3 is 19.9 Å². The van der Waals surface area contributed by atoms with Gasteiger partial charge in [-0.15, -0.1) is 10.2 Å². The van der Waals surface area contributed by atoms with E-state index in [0.29, 0.717) is 6.54 Å². The largest absolute Gasteiger partial charge is 0.497 e. The van der Waals surface area contributed by atoms with Gasteiger partial charge in [0.2, 0.25) is 0 Å². The topological polar surface area (TPSA) is 76.4 Å². The summed E-state index contributed by atoms with van der Waals surface area (Å²) >= 11 is 0. The maximum absolute atomic E-state index is 5.21. The van der Waals surface area contributed by atoms with Crippen LogP contribution in [0.5, 0.6) is 5.75 Å². The molecule has 0 spiro atoms. The average molecular weight is 387 g/mol. The molecule has 28 heavy (non-hydrogen) atoms. The molecule has 0 unspecified atom stereocenters. The molecule has 0 fully saturated rings. The van der Waals surface area contributed by atoms with Gasteiger partial charge >= 0.3 is 0 Å². The van der Waals surface area contributed by atoms with Gasteiger partial charge in [0.25, 0.3) is 0 Å². The molecule has 0 bridgehead atoms. The van der Waals surface area contributed by atoms with Gasteiger partial charge in [-0.3, -0.25) is 0 Å². The van der Waals surface area contributed by atoms with Gasteiger partial charge in [0, 0.05) is 20.1 Å². The van der Waals surface area contributed by atoms with E-state index in [-0.39, 0.29) is 0 Å². The first kappa shape index (κ1) is 21.7. The fraction of sp³-hybridized carbons (Fsp3) is 0.571. The minimum absolute atomic E-state index is 0.504. The smallest absolute Gasteiger partial charge is 0.191 e. The zero-order valence-corrected chi connectivity index (χ0v) is 17.7. The van der Waals surface area contributed by atoms with Crippen molar-refractivity contribution < 1.29 is 4.74 Å². The summed E-state index contributed by atoms with van der Waals surface area (Å²) in [5.74, 6) is 3.46. The van der Waals surface area contributed by atoms with E-state index in [4.69, 9.17) is 9.73 Å². The second-order valence-electron chi connectivity index (χ2n) is 6.90. The SMILES string of the molecule is CCCCCCNC(=NCc1nnc(C)n1C)NCCc1ccc(OC)cc1. The van der Waals surface area contributed by atoms with Gasteiger partial charge in [0.1, 0.15) is 18.1 Å². The summed E-state index contributed by atoms with van der Waals surface area (Å²) < 4.78 is 7.18. The highest BCUT2D eigenvalue weighted by Gasteiger charge is 2.05. The molecule has 2 N–H and O–H groups in total. The quantitative estimate of drug-likeness (QED) is 0.353. The maximum atomic E-state index is 5.21. The first-order valence-corrected chi connectivity index (χ1v) is 10.1. The third-order valence-corrected chi connectivity index (χ3v) is 4.75. The normalized spacial score (nSPS) is 11.5. The van der Waals surface area contributed by atoms with Crippen LogP contribution >= 0.6 is 0 Å². The lowest BCUT2D eigenvalue weighted by Gasteiger charge is -2.13. The van der Waals surface area contributed by atoms with Crippen LogP contribution in [0.3, 0.4) is 0 Å². The number of hydrogen-bond donors (Lipinski definition) is 2. The number of ether oxygens (including phenoxy) is 1. The lowest BCUT2D eigenvalue weighted by Crippen LogP contribution is -2.39. The summed E-state index contributed by atoms with van der Waals surface area (Å²) in [4.78, 5) is 4.70. The molecule has 2 rings (SSSR count). The summed E-state index contributed by atoms with van der Waals surface area (Å²) in [6.07, 6.45) is 5.83. The number of aromatic nitrogens is 3. The summed E-state index contributed by atoms with van der Waals surface area (Å²) in [5, 5.41) is 15.2. The van der Waals surface area contributed by atoms with Crippen molar-refractivity contribution in [3.05, 3.63) is 41.5 Å². The maximum Gasteiger partial charge on any atom is 0.191 e. The number of benzene rings is 1. The molecule has 0 aliphatic rings. The van der Waals surface area contributed by atoms with E-state index in [0.717, 1.165) is 49.3 Å². The van der Waals surface area contributed by atoms with Crippen molar-refractivity contribution in [1.29, 1.82) is 0 Å². The predicted molar refractivity (Wildman–Crippen MR) is 114 cm³/mol. The van der Waals surface area contributed by atoms with Gasteiger partial charge in [-0.25, -0.2) is 4.99 Å². The number of aryl methyl sites for hydroxylation is 1. The van der Waals surface area contributed by atoms with Gasteiger partial charge in [-0.1, -0.05) is 38.3 Å². The number of nitrogens with zero attached hydrogens (tertiary/aromatic N) is 4. The average Bonchev–Trinajstić information content (AvgIpc) is 3.04. The molecule has 7 nitrogen and oxygen atoms in total. The van der Waals surface area contributed by atoms with Crippen LogP contribution in [0.1, 0.15) is 49.8 Å². The highest BCUT2D eigenvalue weighted by atomic mass is 16.5. The molecule has 7 heteroatoms. The Morgan fingerprint density at radius 2 is 1.82 bits per heavy atom. The Kier molecular flexibility index (Phi) is 9.31. The van der Waals surface area contributed by atoms with Crippen LogP contribution in [0.25, 0.3) is 0 Å². The Balaban J connectivity index is 1.88. The van der Waals surface area contributed by atoms with E-state index in [9.17, 15) is 0 Å². The van der Waals surface area contributed by atoms with Crippen LogP contribution in [-0.2, 0) is 20.0 Å². The molecule has 2 aromatic rings. The number of unbranched alkanes of at least 4 members (excludes halogenated alkanes) is 3. The second-order valence-corrected chi connectivity index (χ2v) is 6.90. The van der Waals surface area contributed by atoms with Gasteiger partial charge in [0.15, 0.2) is 11.8 Å². The third kappa shape index (κ3) is 7.21. The Morgan fingerprint density at radius 1 is 1.07 bits per heavy atom. The van der Waals surface area contributed by atoms with E-state index >= 15 is 0 Å². The number of rotatable bonds is 11. The van der Waals surface area contributed by atoms with Crippen molar-refractivity contribution in [1.82, 2.24) is 25.4 Å². The van der Waals surface area contributed by atoms with Crippen LogP contribution in [0.15, 0.2) is 29.3 Å². The van der Waals surface area contributed by atoms with Crippen molar-refractivity contribution in [3.8, 4) is 5.75 Å². The zero-order valence-electron chi connectivity index (χ0n) is 17.7. The molecule has 0 aliphatic heterocycles. The Labute approximate surface area is 168 Å². The molecule has 0 saturated heterocycles. The van der Waals surface area contributed by atoms with Gasteiger partial charge in [0.05, 0.1) is 7.11 Å². The minimum atomic E-state index is 0.504. The molecule has 0 amide bonds. The predicted octanol–water partition coefficient (Wildman–Crippen LogP) is 2.99. The molecular weight excluding hydrogens is 352 g/mol. The first-order valence-electron chi connectivity index (χ1n) is 10.1. The van der Waals surface area contributed by atoms with Crippen LogP contribution in [0.2, 0.25) is 0 Å². The number of methoxy groups -OCH3 is 1. The number of aliphatic imine (C=N–C) groups is 1. The highest BCUT2D eigenvalue weighted by molar-refractivity contribution is 5.79. The Morgan fingerprint density at radius 3 is 2.46 bits per heavy atom. The number of guanidine groups is 1. The Hall–Kier alpha value is -2.57. The van der Waals surface area contributed by atoms with E-state index in [2.05, 4.69) is 39.9 Å². The zero-order chi connectivity index (χ0) is 20.2. The summed E-state index contributed by atoms with van der Waals surface area (Å²) in [5.41, 5.74) is 1.26. The first-order chi connectivity index (χ1) is 13.6. The van der Waals surface area contributed by atoms with Crippen molar-refractivity contribution in [2.24, 2.45) is 12.0 Å². The Bertz CT molecular complexity index is 723. The van der Waals surface area contributed by atoms with Crippen molar-refractivity contribution >= 4 is 5.96 Å². The monoisotopic (exact) mass is 386 g/mol. The lowest BCUT2D eigenvalue weighted by molar-refractivity contribution is 0.414. The third-order valence-electron chi connectivity index (χ3n) is 4.75. The van der Waals surface area contributed by atoms with Crippen molar-refractivity contribution in [2.75, 3.05) is 20.2 Å². The van der Waals surface area contributed by atoms with E-state index < -0.39 is 0 Å². The van der Waals surface area contributed by atoms with Gasteiger partial charge in [-0.05, 0) is 37.5 Å². The molecule has 0 atom stereocenters.